The van der Waals surface area contributed by atoms with E-state index in [-0.39, 0.29) is 11.8 Å². The number of carbonyl (C=O) groups excluding carboxylic acids is 2. The molecule has 2 amide bonds. The molecule has 1 aliphatic heterocycles. The highest BCUT2D eigenvalue weighted by Crippen LogP contribution is 2.12. The number of amides is 2. The van der Waals surface area contributed by atoms with Crippen molar-refractivity contribution in [2.75, 3.05) is 25.0 Å². The zero-order chi connectivity index (χ0) is 17.5. The molecule has 0 atom stereocenters. The Labute approximate surface area is 147 Å². The topological polar surface area (TPSA) is 74.6 Å². The van der Waals surface area contributed by atoms with Crippen molar-refractivity contribution in [2.24, 2.45) is 0 Å². The van der Waals surface area contributed by atoms with E-state index in [1.165, 1.54) is 6.42 Å². The molecule has 1 aromatic heterocycles. The highest BCUT2D eigenvalue weighted by atomic mass is 16.3. The predicted molar refractivity (Wildman–Crippen MR) is 95.2 cm³/mol. The Balaban J connectivity index is 1.53. The van der Waals surface area contributed by atoms with Crippen LogP contribution in [-0.4, -0.2) is 36.3 Å². The summed E-state index contributed by atoms with van der Waals surface area (Å²) in [4.78, 5) is 26.6. The van der Waals surface area contributed by atoms with Gasteiger partial charge in [-0.2, -0.15) is 0 Å². The van der Waals surface area contributed by atoms with Crippen LogP contribution >= 0.6 is 0 Å². The van der Waals surface area contributed by atoms with Crippen LogP contribution in [-0.2, 0) is 11.3 Å². The SMILES string of the molecule is O=C(CN1CCCCC1)Nc1cccc(C(=O)NCc2ccco2)c1. The lowest BCUT2D eigenvalue weighted by molar-refractivity contribution is -0.117. The van der Waals surface area contributed by atoms with Crippen LogP contribution in [0.2, 0.25) is 0 Å². The molecule has 6 heteroatoms. The molecule has 1 aromatic carbocycles. The molecule has 1 aliphatic rings. The number of carbonyl (C=O) groups is 2. The quantitative estimate of drug-likeness (QED) is 0.847. The van der Waals surface area contributed by atoms with Crippen LogP contribution in [0.25, 0.3) is 0 Å². The summed E-state index contributed by atoms with van der Waals surface area (Å²) in [5.74, 6) is 0.443. The Morgan fingerprint density at radius 2 is 1.92 bits per heavy atom. The van der Waals surface area contributed by atoms with Gasteiger partial charge in [-0.3, -0.25) is 14.5 Å². The number of anilines is 1. The third-order valence-corrected chi connectivity index (χ3v) is 4.23. The van der Waals surface area contributed by atoms with Crippen LogP contribution in [0.5, 0.6) is 0 Å². The first-order chi connectivity index (χ1) is 12.2. The van der Waals surface area contributed by atoms with Gasteiger partial charge in [0.15, 0.2) is 0 Å². The maximum Gasteiger partial charge on any atom is 0.251 e. The Bertz CT molecular complexity index is 706. The molecule has 0 unspecified atom stereocenters. The molecule has 0 spiro atoms. The van der Waals surface area contributed by atoms with Gasteiger partial charge in [-0.25, -0.2) is 0 Å². The number of hydrogen-bond acceptors (Lipinski definition) is 4. The lowest BCUT2D eigenvalue weighted by atomic mass is 10.1. The molecule has 1 saturated heterocycles. The lowest BCUT2D eigenvalue weighted by Gasteiger charge is -2.25. The molecule has 25 heavy (non-hydrogen) atoms. The van der Waals surface area contributed by atoms with E-state index in [4.69, 9.17) is 4.42 Å². The average molecular weight is 341 g/mol. The van der Waals surface area contributed by atoms with Crippen LogP contribution in [0.1, 0.15) is 35.4 Å². The van der Waals surface area contributed by atoms with Gasteiger partial charge in [0.1, 0.15) is 5.76 Å². The van der Waals surface area contributed by atoms with Gasteiger partial charge < -0.3 is 15.1 Å². The summed E-state index contributed by atoms with van der Waals surface area (Å²) >= 11 is 0. The maximum absolute atomic E-state index is 12.2. The molecule has 6 nitrogen and oxygen atoms in total. The summed E-state index contributed by atoms with van der Waals surface area (Å²) in [5.41, 5.74) is 1.13. The molecule has 2 N–H and O–H groups in total. The van der Waals surface area contributed by atoms with Crippen molar-refractivity contribution in [3.63, 3.8) is 0 Å². The normalized spacial score (nSPS) is 14.9. The minimum Gasteiger partial charge on any atom is -0.467 e. The summed E-state index contributed by atoms with van der Waals surface area (Å²) in [6, 6.07) is 10.5. The zero-order valence-electron chi connectivity index (χ0n) is 14.2. The summed E-state index contributed by atoms with van der Waals surface area (Å²) in [6.07, 6.45) is 5.12. The van der Waals surface area contributed by atoms with E-state index in [2.05, 4.69) is 15.5 Å². The van der Waals surface area contributed by atoms with E-state index < -0.39 is 0 Å². The average Bonchev–Trinajstić information content (AvgIpc) is 3.14. The third-order valence-electron chi connectivity index (χ3n) is 4.23. The van der Waals surface area contributed by atoms with Crippen molar-refractivity contribution in [1.82, 2.24) is 10.2 Å². The van der Waals surface area contributed by atoms with Gasteiger partial charge in [-0.1, -0.05) is 12.5 Å². The van der Waals surface area contributed by atoms with Gasteiger partial charge in [-0.05, 0) is 56.3 Å². The number of nitrogens with one attached hydrogen (secondary N) is 2. The third kappa shape index (κ3) is 5.19. The van der Waals surface area contributed by atoms with Gasteiger partial charge in [0, 0.05) is 11.3 Å². The molecular weight excluding hydrogens is 318 g/mol. The minimum absolute atomic E-state index is 0.0463. The minimum atomic E-state index is -0.205. The molecule has 3 rings (SSSR count). The van der Waals surface area contributed by atoms with Crippen LogP contribution in [0, 0.1) is 0 Å². The first-order valence-corrected chi connectivity index (χ1v) is 8.63. The van der Waals surface area contributed by atoms with E-state index in [1.54, 1.807) is 42.7 Å². The van der Waals surface area contributed by atoms with Crippen molar-refractivity contribution in [1.29, 1.82) is 0 Å². The van der Waals surface area contributed by atoms with Crippen molar-refractivity contribution >= 4 is 17.5 Å². The van der Waals surface area contributed by atoms with Crippen molar-refractivity contribution < 1.29 is 14.0 Å². The zero-order valence-corrected chi connectivity index (χ0v) is 14.2. The fraction of sp³-hybridized carbons (Fsp3) is 0.368. The highest BCUT2D eigenvalue weighted by molar-refractivity contribution is 5.97. The Kier molecular flexibility index (Phi) is 5.85. The molecule has 0 bridgehead atoms. The van der Waals surface area contributed by atoms with Gasteiger partial charge in [0.05, 0.1) is 19.4 Å². The molecule has 0 saturated carbocycles. The smallest absolute Gasteiger partial charge is 0.251 e. The predicted octanol–water partition coefficient (Wildman–Crippen LogP) is 2.63. The van der Waals surface area contributed by atoms with Gasteiger partial charge >= 0.3 is 0 Å². The Morgan fingerprint density at radius 3 is 2.68 bits per heavy atom. The van der Waals surface area contributed by atoms with Crippen LogP contribution in [0.15, 0.2) is 47.1 Å². The van der Waals surface area contributed by atoms with Gasteiger partial charge in [-0.15, -0.1) is 0 Å². The second-order valence-corrected chi connectivity index (χ2v) is 6.23. The van der Waals surface area contributed by atoms with Crippen LogP contribution in [0.4, 0.5) is 5.69 Å². The fourth-order valence-electron chi connectivity index (χ4n) is 2.94. The number of rotatable bonds is 6. The van der Waals surface area contributed by atoms with Gasteiger partial charge in [0.2, 0.25) is 5.91 Å². The van der Waals surface area contributed by atoms with Crippen molar-refractivity contribution in [3.8, 4) is 0 Å². The Morgan fingerprint density at radius 1 is 1.08 bits per heavy atom. The van der Waals surface area contributed by atoms with Crippen LogP contribution in [0.3, 0.4) is 0 Å². The first-order valence-electron chi connectivity index (χ1n) is 8.63. The molecule has 1 fully saturated rings. The van der Waals surface area contributed by atoms with Crippen molar-refractivity contribution in [2.45, 2.75) is 25.8 Å². The second kappa shape index (κ2) is 8.48. The Hall–Kier alpha value is -2.60. The van der Waals surface area contributed by atoms with E-state index in [1.807, 2.05) is 0 Å². The van der Waals surface area contributed by atoms with Crippen LogP contribution < -0.4 is 10.6 Å². The molecular formula is C19H23N3O3. The summed E-state index contributed by atoms with van der Waals surface area (Å²) in [7, 11) is 0. The standard InChI is InChI=1S/C19H23N3O3/c23-18(14-22-9-2-1-3-10-22)21-16-7-4-6-15(12-16)19(24)20-13-17-8-5-11-25-17/h4-8,11-12H,1-3,9-10,13-14H2,(H,20,24)(H,21,23). The second-order valence-electron chi connectivity index (χ2n) is 6.23. The monoisotopic (exact) mass is 341 g/mol. The highest BCUT2D eigenvalue weighted by Gasteiger charge is 2.14. The maximum atomic E-state index is 12.2. The van der Waals surface area contributed by atoms with E-state index >= 15 is 0 Å². The molecule has 0 aliphatic carbocycles. The number of nitrogens with zero attached hydrogens (tertiary/aromatic N) is 1. The van der Waals surface area contributed by atoms with Gasteiger partial charge in [0.25, 0.3) is 5.91 Å². The number of furan rings is 1. The van der Waals surface area contributed by atoms with Crippen molar-refractivity contribution in [3.05, 3.63) is 54.0 Å². The number of likely N-dealkylation sites (tertiary alicyclic amines) is 1. The lowest BCUT2D eigenvalue weighted by Crippen LogP contribution is -2.36. The largest absolute Gasteiger partial charge is 0.467 e. The van der Waals surface area contributed by atoms with E-state index in [0.29, 0.717) is 30.1 Å². The fourth-order valence-corrected chi connectivity index (χ4v) is 2.94. The molecule has 2 heterocycles. The molecule has 132 valence electrons. The number of piperidine rings is 1. The summed E-state index contributed by atoms with van der Waals surface area (Å²) < 4.78 is 5.19. The van der Waals surface area contributed by atoms with E-state index in [9.17, 15) is 9.59 Å². The van der Waals surface area contributed by atoms with E-state index in [0.717, 1.165) is 25.9 Å². The number of hydrogen-bond donors (Lipinski definition) is 2. The summed E-state index contributed by atoms with van der Waals surface area (Å²) in [5, 5.41) is 5.67. The first kappa shape index (κ1) is 17.2. The molecule has 2 aromatic rings. The summed E-state index contributed by atoms with van der Waals surface area (Å²) in [6.45, 7) is 2.68. The molecule has 0 radical (unpaired) electrons. The number of benzene rings is 1.